The van der Waals surface area contributed by atoms with Crippen molar-refractivity contribution in [1.82, 2.24) is 10.3 Å². The molecular formula is C10H13ClN4. The van der Waals surface area contributed by atoms with Crippen LogP contribution in [0, 0.1) is 6.92 Å². The van der Waals surface area contributed by atoms with Crippen molar-refractivity contribution in [2.75, 3.05) is 12.4 Å². The standard InChI is InChI=1S/C10H13ClN4/c1-7-2-8(10(12)3-9(7)11)4-15-5-13-14-6-15/h2-3,5,14H,4,6,12H2,1H3. The summed E-state index contributed by atoms with van der Waals surface area (Å²) in [6, 6.07) is 3.82. The van der Waals surface area contributed by atoms with E-state index in [2.05, 4.69) is 10.5 Å². The summed E-state index contributed by atoms with van der Waals surface area (Å²) >= 11 is 5.97. The van der Waals surface area contributed by atoms with Crippen molar-refractivity contribution in [2.45, 2.75) is 13.5 Å². The zero-order chi connectivity index (χ0) is 10.8. The SMILES string of the molecule is Cc1cc(CN2C=NNC2)c(N)cc1Cl. The van der Waals surface area contributed by atoms with Crippen LogP contribution in [-0.4, -0.2) is 17.9 Å². The lowest BCUT2D eigenvalue weighted by molar-refractivity contribution is 0.428. The fourth-order valence-electron chi connectivity index (χ4n) is 1.50. The van der Waals surface area contributed by atoms with Gasteiger partial charge in [-0.05, 0) is 24.1 Å². The van der Waals surface area contributed by atoms with Gasteiger partial charge in [0.2, 0.25) is 0 Å². The van der Waals surface area contributed by atoms with Gasteiger partial charge in [-0.3, -0.25) is 5.43 Å². The summed E-state index contributed by atoms with van der Waals surface area (Å²) in [6.45, 7) is 3.45. The molecule has 15 heavy (non-hydrogen) atoms. The van der Waals surface area contributed by atoms with E-state index < -0.39 is 0 Å². The average molecular weight is 225 g/mol. The van der Waals surface area contributed by atoms with Crippen molar-refractivity contribution in [3.05, 3.63) is 28.3 Å². The molecule has 1 aliphatic rings. The molecule has 1 heterocycles. The Morgan fingerprint density at radius 1 is 1.60 bits per heavy atom. The highest BCUT2D eigenvalue weighted by Gasteiger charge is 2.09. The Morgan fingerprint density at radius 2 is 2.40 bits per heavy atom. The Balaban J connectivity index is 2.20. The van der Waals surface area contributed by atoms with E-state index in [9.17, 15) is 0 Å². The predicted octanol–water partition coefficient (Wildman–Crippen LogP) is 1.54. The van der Waals surface area contributed by atoms with Gasteiger partial charge in [0, 0.05) is 17.3 Å². The molecule has 0 spiro atoms. The second kappa shape index (κ2) is 3.98. The van der Waals surface area contributed by atoms with Crippen molar-refractivity contribution < 1.29 is 0 Å². The highest BCUT2D eigenvalue weighted by molar-refractivity contribution is 6.31. The van der Waals surface area contributed by atoms with Crippen LogP contribution in [0.5, 0.6) is 0 Å². The third-order valence-corrected chi connectivity index (χ3v) is 2.79. The molecule has 0 fully saturated rings. The fraction of sp³-hybridized carbons (Fsp3) is 0.300. The fourth-order valence-corrected chi connectivity index (χ4v) is 1.68. The molecule has 0 saturated carbocycles. The van der Waals surface area contributed by atoms with Gasteiger partial charge in [0.1, 0.15) is 13.0 Å². The number of hydrazone groups is 1. The van der Waals surface area contributed by atoms with Crippen LogP contribution in [0.15, 0.2) is 17.2 Å². The Labute approximate surface area is 93.7 Å². The van der Waals surface area contributed by atoms with E-state index in [0.717, 1.165) is 30.0 Å². The van der Waals surface area contributed by atoms with Crippen molar-refractivity contribution >= 4 is 23.6 Å². The van der Waals surface area contributed by atoms with Crippen LogP contribution in [0.3, 0.4) is 0 Å². The molecular weight excluding hydrogens is 212 g/mol. The quantitative estimate of drug-likeness (QED) is 0.750. The second-order valence-corrected chi connectivity index (χ2v) is 4.02. The minimum Gasteiger partial charge on any atom is -0.398 e. The van der Waals surface area contributed by atoms with Gasteiger partial charge >= 0.3 is 0 Å². The van der Waals surface area contributed by atoms with Gasteiger partial charge in [0.05, 0.1) is 0 Å². The van der Waals surface area contributed by atoms with Crippen molar-refractivity contribution in [3.63, 3.8) is 0 Å². The molecule has 0 unspecified atom stereocenters. The number of anilines is 1. The van der Waals surface area contributed by atoms with Crippen LogP contribution >= 0.6 is 11.6 Å². The molecule has 2 rings (SSSR count). The predicted molar refractivity (Wildman–Crippen MR) is 62.6 cm³/mol. The number of halogens is 1. The number of nitrogens with two attached hydrogens (primary N) is 1. The van der Waals surface area contributed by atoms with Crippen LogP contribution in [0.25, 0.3) is 0 Å². The number of nitrogens with zero attached hydrogens (tertiary/aromatic N) is 2. The van der Waals surface area contributed by atoms with Crippen LogP contribution in [0.2, 0.25) is 5.02 Å². The number of rotatable bonds is 2. The first kappa shape index (κ1) is 10.1. The molecule has 0 bridgehead atoms. The lowest BCUT2D eigenvalue weighted by atomic mass is 10.1. The van der Waals surface area contributed by atoms with Gasteiger partial charge in [-0.2, -0.15) is 5.10 Å². The van der Waals surface area contributed by atoms with E-state index in [4.69, 9.17) is 17.3 Å². The summed E-state index contributed by atoms with van der Waals surface area (Å²) in [7, 11) is 0. The molecule has 0 aliphatic carbocycles. The van der Waals surface area contributed by atoms with E-state index in [1.807, 2.05) is 17.9 Å². The summed E-state index contributed by atoms with van der Waals surface area (Å²) < 4.78 is 0. The van der Waals surface area contributed by atoms with E-state index in [1.54, 1.807) is 12.4 Å². The summed E-state index contributed by atoms with van der Waals surface area (Å²) in [5, 5.41) is 4.63. The van der Waals surface area contributed by atoms with Gasteiger partial charge in [-0.15, -0.1) is 0 Å². The molecule has 0 radical (unpaired) electrons. The van der Waals surface area contributed by atoms with Gasteiger partial charge in [-0.1, -0.05) is 17.7 Å². The molecule has 4 nitrogen and oxygen atoms in total. The first-order valence-electron chi connectivity index (χ1n) is 4.71. The summed E-state index contributed by atoms with van der Waals surface area (Å²) in [6.07, 6.45) is 1.77. The van der Waals surface area contributed by atoms with Crippen LogP contribution < -0.4 is 11.2 Å². The smallest absolute Gasteiger partial charge is 0.113 e. The van der Waals surface area contributed by atoms with E-state index >= 15 is 0 Å². The molecule has 0 amide bonds. The highest BCUT2D eigenvalue weighted by Crippen LogP contribution is 2.23. The molecule has 1 aliphatic heterocycles. The van der Waals surface area contributed by atoms with E-state index in [1.165, 1.54) is 0 Å². The molecule has 0 saturated heterocycles. The number of aryl methyl sites for hydroxylation is 1. The molecule has 5 heteroatoms. The Hall–Kier alpha value is -1.42. The Kier molecular flexibility index (Phi) is 2.68. The topological polar surface area (TPSA) is 53.6 Å². The third-order valence-electron chi connectivity index (χ3n) is 2.38. The van der Waals surface area contributed by atoms with E-state index in [-0.39, 0.29) is 0 Å². The molecule has 80 valence electrons. The number of nitrogen functional groups attached to an aromatic ring is 1. The van der Waals surface area contributed by atoms with Crippen molar-refractivity contribution in [3.8, 4) is 0 Å². The van der Waals surface area contributed by atoms with Gasteiger partial charge in [-0.25, -0.2) is 0 Å². The zero-order valence-corrected chi connectivity index (χ0v) is 9.25. The van der Waals surface area contributed by atoms with Crippen molar-refractivity contribution in [1.29, 1.82) is 0 Å². The summed E-state index contributed by atoms with van der Waals surface area (Å²) in [5.41, 5.74) is 11.6. The molecule has 0 atom stereocenters. The monoisotopic (exact) mass is 224 g/mol. The maximum absolute atomic E-state index is 5.97. The summed E-state index contributed by atoms with van der Waals surface area (Å²) in [4.78, 5) is 2.04. The normalized spacial score (nSPS) is 14.4. The minimum absolute atomic E-state index is 0.712. The lowest BCUT2D eigenvalue weighted by Gasteiger charge is -2.15. The van der Waals surface area contributed by atoms with Crippen LogP contribution in [-0.2, 0) is 6.54 Å². The molecule has 3 N–H and O–H groups in total. The molecule has 1 aromatic rings. The van der Waals surface area contributed by atoms with Crippen LogP contribution in [0.1, 0.15) is 11.1 Å². The van der Waals surface area contributed by atoms with Crippen molar-refractivity contribution in [2.24, 2.45) is 5.10 Å². The van der Waals surface area contributed by atoms with Gasteiger partial charge in [0.25, 0.3) is 0 Å². The zero-order valence-electron chi connectivity index (χ0n) is 8.50. The largest absolute Gasteiger partial charge is 0.398 e. The number of hydrogen-bond acceptors (Lipinski definition) is 4. The maximum Gasteiger partial charge on any atom is 0.113 e. The van der Waals surface area contributed by atoms with Crippen LogP contribution in [0.4, 0.5) is 5.69 Å². The number of hydrogen-bond donors (Lipinski definition) is 2. The Morgan fingerprint density at radius 3 is 3.07 bits per heavy atom. The van der Waals surface area contributed by atoms with E-state index in [0.29, 0.717) is 5.02 Å². The first-order chi connectivity index (χ1) is 7.16. The average Bonchev–Trinajstić information content (AvgIpc) is 2.67. The molecule has 0 aromatic heterocycles. The molecule has 1 aromatic carbocycles. The Bertz CT molecular complexity index is 403. The van der Waals surface area contributed by atoms with Gasteiger partial charge < -0.3 is 10.6 Å². The third kappa shape index (κ3) is 2.15. The first-order valence-corrected chi connectivity index (χ1v) is 5.09. The lowest BCUT2D eigenvalue weighted by Crippen LogP contribution is -2.23. The second-order valence-electron chi connectivity index (χ2n) is 3.61. The van der Waals surface area contributed by atoms with Gasteiger partial charge in [0.15, 0.2) is 0 Å². The number of benzene rings is 1. The minimum atomic E-state index is 0.712. The maximum atomic E-state index is 5.97. The highest BCUT2D eigenvalue weighted by atomic mass is 35.5. The summed E-state index contributed by atoms with van der Waals surface area (Å²) in [5.74, 6) is 0. The number of nitrogens with one attached hydrogen (secondary N) is 1.